The summed E-state index contributed by atoms with van der Waals surface area (Å²) < 4.78 is 7.06. The van der Waals surface area contributed by atoms with Crippen LogP contribution in [0.5, 0.6) is 5.88 Å². The van der Waals surface area contributed by atoms with Crippen LogP contribution in [0.1, 0.15) is 5.69 Å². The van der Waals surface area contributed by atoms with Gasteiger partial charge in [-0.25, -0.2) is 4.98 Å². The summed E-state index contributed by atoms with van der Waals surface area (Å²) in [6.45, 7) is 1.87. The molecule has 0 spiro atoms. The summed E-state index contributed by atoms with van der Waals surface area (Å²) in [5.41, 5.74) is 3.37. The number of methoxy groups -OCH3 is 1. The lowest BCUT2D eigenvalue weighted by Crippen LogP contribution is -2.00. The van der Waals surface area contributed by atoms with Gasteiger partial charge in [0, 0.05) is 21.7 Å². The molecule has 0 aliphatic rings. The molecule has 0 saturated heterocycles. The van der Waals surface area contributed by atoms with Crippen LogP contribution in [-0.2, 0) is 0 Å². The smallest absolute Gasteiger partial charge is 0.215 e. The van der Waals surface area contributed by atoms with Gasteiger partial charge in [0.05, 0.1) is 12.8 Å². The van der Waals surface area contributed by atoms with Gasteiger partial charge < -0.3 is 4.74 Å². The number of hydrogen-bond donors (Lipinski definition) is 0. The number of nitrogens with zero attached hydrogens (tertiary/aromatic N) is 5. The third-order valence-corrected chi connectivity index (χ3v) is 4.08. The number of aryl methyl sites for hydroxylation is 1. The molecule has 0 N–H and O–H groups in total. The number of fused-ring (bicyclic) bond motifs is 3. The zero-order valence-electron chi connectivity index (χ0n) is 12.8. The van der Waals surface area contributed by atoms with E-state index in [1.54, 1.807) is 37.4 Å². The van der Waals surface area contributed by atoms with Crippen molar-refractivity contribution in [1.82, 2.24) is 24.6 Å². The van der Waals surface area contributed by atoms with Crippen molar-refractivity contribution in [2.24, 2.45) is 0 Å². The van der Waals surface area contributed by atoms with Crippen molar-refractivity contribution in [3.8, 4) is 17.3 Å². The summed E-state index contributed by atoms with van der Waals surface area (Å²) in [6.07, 6.45) is 0. The van der Waals surface area contributed by atoms with Crippen LogP contribution < -0.4 is 4.74 Å². The van der Waals surface area contributed by atoms with E-state index in [4.69, 9.17) is 27.9 Å². The highest BCUT2D eigenvalue weighted by atomic mass is 35.5. The molecular formula is C16H11Cl2N5O. The molecule has 0 radical (unpaired) electrons. The molecule has 4 rings (SSSR count). The molecule has 0 unspecified atom stereocenters. The molecule has 4 aromatic rings. The summed E-state index contributed by atoms with van der Waals surface area (Å²) >= 11 is 12.3. The molecule has 8 heteroatoms. The Labute approximate surface area is 147 Å². The molecule has 1 aromatic carbocycles. The Hall–Kier alpha value is -2.44. The van der Waals surface area contributed by atoms with Crippen LogP contribution in [0.3, 0.4) is 0 Å². The van der Waals surface area contributed by atoms with E-state index >= 15 is 0 Å². The molecule has 120 valence electrons. The fourth-order valence-corrected chi connectivity index (χ4v) is 3.12. The first-order valence-corrected chi connectivity index (χ1v) is 7.85. The van der Waals surface area contributed by atoms with Gasteiger partial charge in [-0.15, -0.1) is 10.2 Å². The Bertz CT molecular complexity index is 1070. The Morgan fingerprint density at radius 1 is 0.958 bits per heavy atom. The maximum atomic E-state index is 6.14. The summed E-state index contributed by atoms with van der Waals surface area (Å²) in [4.78, 5) is 9.11. The van der Waals surface area contributed by atoms with E-state index in [2.05, 4.69) is 20.2 Å². The van der Waals surface area contributed by atoms with Crippen LogP contribution >= 0.6 is 23.2 Å². The second-order valence-corrected chi connectivity index (χ2v) is 6.11. The fourth-order valence-electron chi connectivity index (χ4n) is 2.60. The van der Waals surface area contributed by atoms with E-state index < -0.39 is 0 Å². The minimum atomic E-state index is 0.484. The zero-order chi connectivity index (χ0) is 16.8. The largest absolute Gasteiger partial charge is 0.481 e. The number of benzene rings is 1. The molecule has 0 aliphatic carbocycles. The van der Waals surface area contributed by atoms with Gasteiger partial charge in [-0.1, -0.05) is 23.2 Å². The average molecular weight is 360 g/mol. The van der Waals surface area contributed by atoms with E-state index in [1.807, 2.05) is 11.3 Å². The van der Waals surface area contributed by atoms with Gasteiger partial charge in [-0.3, -0.25) is 4.40 Å². The minimum Gasteiger partial charge on any atom is -0.481 e. The van der Waals surface area contributed by atoms with E-state index in [9.17, 15) is 0 Å². The van der Waals surface area contributed by atoms with Gasteiger partial charge in [0.1, 0.15) is 11.3 Å². The van der Waals surface area contributed by atoms with Crippen LogP contribution in [0.15, 0.2) is 30.3 Å². The molecule has 0 aliphatic heterocycles. The lowest BCUT2D eigenvalue weighted by molar-refractivity contribution is 0.399. The topological polar surface area (TPSA) is 65.2 Å². The monoisotopic (exact) mass is 359 g/mol. The lowest BCUT2D eigenvalue weighted by Gasteiger charge is -2.06. The standard InChI is InChI=1S/C16H11Cl2N5O/c1-8-14-22-21-12-3-4-13(24-2)20-16(12)23(14)15(19-8)9-5-10(17)7-11(18)6-9/h3-7H,1-2H3. The minimum absolute atomic E-state index is 0.484. The number of ether oxygens (including phenoxy) is 1. The Balaban J connectivity index is 2.13. The molecule has 0 atom stereocenters. The van der Waals surface area contributed by atoms with Crippen LogP contribution in [0, 0.1) is 6.92 Å². The van der Waals surface area contributed by atoms with Gasteiger partial charge in [-0.05, 0) is 31.2 Å². The first kappa shape index (κ1) is 15.1. The van der Waals surface area contributed by atoms with Crippen molar-refractivity contribution >= 4 is 40.0 Å². The summed E-state index contributed by atoms with van der Waals surface area (Å²) in [5.74, 6) is 1.13. The molecule has 0 fully saturated rings. The zero-order valence-corrected chi connectivity index (χ0v) is 14.3. The number of halogens is 2. The van der Waals surface area contributed by atoms with Crippen molar-refractivity contribution in [3.05, 3.63) is 46.1 Å². The van der Waals surface area contributed by atoms with E-state index in [-0.39, 0.29) is 0 Å². The third kappa shape index (κ3) is 2.35. The lowest BCUT2D eigenvalue weighted by atomic mass is 10.2. The van der Waals surface area contributed by atoms with Crippen molar-refractivity contribution in [2.75, 3.05) is 7.11 Å². The third-order valence-electron chi connectivity index (χ3n) is 3.64. The first-order chi connectivity index (χ1) is 11.6. The second kappa shape index (κ2) is 5.58. The summed E-state index contributed by atoms with van der Waals surface area (Å²) in [7, 11) is 1.57. The van der Waals surface area contributed by atoms with Crippen LogP contribution in [-0.4, -0.2) is 31.7 Å². The van der Waals surface area contributed by atoms with Gasteiger partial charge >= 0.3 is 0 Å². The van der Waals surface area contributed by atoms with Gasteiger partial charge in [0.2, 0.25) is 5.88 Å². The predicted octanol–water partition coefficient (Wildman–Crippen LogP) is 3.96. The molecule has 24 heavy (non-hydrogen) atoms. The quantitative estimate of drug-likeness (QED) is 0.541. The number of pyridine rings is 1. The highest BCUT2D eigenvalue weighted by molar-refractivity contribution is 6.35. The summed E-state index contributed by atoms with van der Waals surface area (Å²) in [6, 6.07) is 8.82. The molecule has 0 bridgehead atoms. The van der Waals surface area contributed by atoms with Crippen LogP contribution in [0.2, 0.25) is 10.0 Å². The van der Waals surface area contributed by atoms with Crippen molar-refractivity contribution in [1.29, 1.82) is 0 Å². The maximum absolute atomic E-state index is 6.14. The first-order valence-electron chi connectivity index (χ1n) is 7.10. The van der Waals surface area contributed by atoms with E-state index in [0.717, 1.165) is 11.3 Å². The Kier molecular flexibility index (Phi) is 3.51. The number of aromatic nitrogens is 5. The Morgan fingerprint density at radius 2 is 1.71 bits per heavy atom. The number of rotatable bonds is 2. The van der Waals surface area contributed by atoms with Gasteiger partial charge in [-0.2, -0.15) is 4.98 Å². The SMILES string of the molecule is COc1ccc2nnc3c(C)nc(-c4cc(Cl)cc(Cl)c4)n3c2n1. The number of imidazole rings is 1. The molecular weight excluding hydrogens is 349 g/mol. The van der Waals surface area contributed by atoms with Crippen molar-refractivity contribution in [2.45, 2.75) is 6.92 Å². The van der Waals surface area contributed by atoms with Gasteiger partial charge in [0.25, 0.3) is 0 Å². The van der Waals surface area contributed by atoms with Crippen molar-refractivity contribution < 1.29 is 4.74 Å². The highest BCUT2D eigenvalue weighted by Gasteiger charge is 2.17. The van der Waals surface area contributed by atoms with Crippen LogP contribution in [0.4, 0.5) is 0 Å². The molecule has 3 heterocycles. The van der Waals surface area contributed by atoms with Crippen molar-refractivity contribution in [3.63, 3.8) is 0 Å². The molecule has 6 nitrogen and oxygen atoms in total. The maximum Gasteiger partial charge on any atom is 0.215 e. The Morgan fingerprint density at radius 3 is 2.42 bits per heavy atom. The average Bonchev–Trinajstić information content (AvgIpc) is 2.91. The molecule has 0 amide bonds. The normalized spacial score (nSPS) is 11.3. The highest BCUT2D eigenvalue weighted by Crippen LogP contribution is 2.29. The molecule has 3 aromatic heterocycles. The fraction of sp³-hybridized carbons (Fsp3) is 0.125. The van der Waals surface area contributed by atoms with E-state index in [1.165, 1.54) is 0 Å². The summed E-state index contributed by atoms with van der Waals surface area (Å²) in [5, 5.41) is 9.53. The van der Waals surface area contributed by atoms with Gasteiger partial charge in [0.15, 0.2) is 11.3 Å². The van der Waals surface area contributed by atoms with E-state index in [0.29, 0.717) is 38.6 Å². The molecule has 0 saturated carbocycles. The number of hydrogen-bond acceptors (Lipinski definition) is 5. The van der Waals surface area contributed by atoms with Crippen LogP contribution in [0.25, 0.3) is 28.2 Å². The predicted molar refractivity (Wildman–Crippen MR) is 92.8 cm³/mol. The second-order valence-electron chi connectivity index (χ2n) is 5.23.